The van der Waals surface area contributed by atoms with E-state index in [0.29, 0.717) is 5.82 Å². The summed E-state index contributed by atoms with van der Waals surface area (Å²) in [6, 6.07) is -0.981. The quantitative estimate of drug-likeness (QED) is 0.514. The van der Waals surface area contributed by atoms with Gasteiger partial charge in [-0.2, -0.15) is 0 Å². The van der Waals surface area contributed by atoms with Gasteiger partial charge in [0.05, 0.1) is 12.6 Å². The number of carbonyl (C=O) groups excluding carboxylic acids is 1. The molecule has 2 amide bonds. The predicted molar refractivity (Wildman–Crippen MR) is 59.6 cm³/mol. The molecule has 100 valence electrons. The minimum atomic E-state index is -1.62. The Kier molecular flexibility index (Phi) is 4.60. The van der Waals surface area contributed by atoms with Crippen LogP contribution in [0.1, 0.15) is 18.8 Å². The molecular weight excluding hydrogens is 242 g/mol. The number of amides is 2. The fourth-order valence-electron chi connectivity index (χ4n) is 1.27. The Hall–Kier alpha value is -2.16. The number of hydrogen-bond donors (Lipinski definition) is 4. The molecule has 0 radical (unpaired) electrons. The number of urea groups is 1. The highest BCUT2D eigenvalue weighted by atomic mass is 16.4. The number of carboxylic acids is 1. The van der Waals surface area contributed by atoms with Gasteiger partial charge < -0.3 is 25.4 Å². The van der Waals surface area contributed by atoms with Crippen LogP contribution in [0.3, 0.4) is 0 Å². The molecular formula is C9H15N5O4. The summed E-state index contributed by atoms with van der Waals surface area (Å²) in [5.41, 5.74) is 0. The molecule has 0 aliphatic heterocycles. The standard InChI is InChI=1S/C9H15N5O4/c1-5(7-13-11-4-14(7)2)12-9(18)10-3-6(15)8(16)17/h4-6,15H,3H2,1-2H3,(H,16,17)(H2,10,12,18)/t5?,6-/m0/s1. The van der Waals surface area contributed by atoms with E-state index in [1.54, 1.807) is 18.5 Å². The summed E-state index contributed by atoms with van der Waals surface area (Å²) in [7, 11) is 1.74. The number of carboxylic acid groups (broad SMARTS) is 1. The van der Waals surface area contributed by atoms with Gasteiger partial charge >= 0.3 is 12.0 Å². The Morgan fingerprint density at radius 1 is 1.56 bits per heavy atom. The average molecular weight is 257 g/mol. The Morgan fingerprint density at radius 2 is 2.22 bits per heavy atom. The molecule has 1 heterocycles. The number of carbonyl (C=O) groups is 2. The number of hydrogen-bond acceptors (Lipinski definition) is 5. The van der Waals surface area contributed by atoms with Crippen LogP contribution in [0.15, 0.2) is 6.33 Å². The molecule has 0 fully saturated rings. The molecule has 1 unspecified atom stereocenters. The van der Waals surface area contributed by atoms with Crippen LogP contribution in [-0.4, -0.2) is 49.6 Å². The Morgan fingerprint density at radius 3 is 2.72 bits per heavy atom. The lowest BCUT2D eigenvalue weighted by molar-refractivity contribution is -0.146. The molecule has 9 heteroatoms. The van der Waals surface area contributed by atoms with E-state index in [2.05, 4.69) is 20.8 Å². The van der Waals surface area contributed by atoms with E-state index in [1.165, 1.54) is 6.33 Å². The van der Waals surface area contributed by atoms with Crippen LogP contribution < -0.4 is 10.6 Å². The van der Waals surface area contributed by atoms with Gasteiger partial charge in [0.1, 0.15) is 6.33 Å². The summed E-state index contributed by atoms with van der Waals surface area (Å²) in [6.45, 7) is 1.34. The third kappa shape index (κ3) is 3.70. The number of nitrogens with zero attached hydrogens (tertiary/aromatic N) is 3. The van der Waals surface area contributed by atoms with Crippen molar-refractivity contribution in [3.05, 3.63) is 12.2 Å². The lowest BCUT2D eigenvalue weighted by Crippen LogP contribution is -2.43. The molecule has 1 rings (SSSR count). The highest BCUT2D eigenvalue weighted by molar-refractivity contribution is 5.76. The van der Waals surface area contributed by atoms with Crippen molar-refractivity contribution in [2.24, 2.45) is 7.05 Å². The number of aliphatic hydroxyl groups excluding tert-OH is 1. The maximum absolute atomic E-state index is 11.4. The SMILES string of the molecule is CC(NC(=O)NC[C@H](O)C(=O)O)c1nncn1C. The smallest absolute Gasteiger partial charge is 0.334 e. The maximum atomic E-state index is 11.4. The van der Waals surface area contributed by atoms with Crippen molar-refractivity contribution < 1.29 is 19.8 Å². The third-order valence-electron chi connectivity index (χ3n) is 2.22. The van der Waals surface area contributed by atoms with E-state index in [4.69, 9.17) is 10.2 Å². The lowest BCUT2D eigenvalue weighted by atomic mass is 10.3. The number of nitrogens with one attached hydrogen (secondary N) is 2. The van der Waals surface area contributed by atoms with Crippen molar-refractivity contribution in [3.63, 3.8) is 0 Å². The predicted octanol–water partition coefficient (Wildman–Crippen LogP) is -1.38. The van der Waals surface area contributed by atoms with Crippen molar-refractivity contribution in [2.45, 2.75) is 19.1 Å². The summed E-state index contributed by atoms with van der Waals surface area (Å²) in [5.74, 6) is -0.833. The van der Waals surface area contributed by atoms with E-state index >= 15 is 0 Å². The Balaban J connectivity index is 2.41. The second-order valence-corrected chi connectivity index (χ2v) is 3.73. The molecule has 1 aromatic rings. The van der Waals surface area contributed by atoms with Gasteiger partial charge in [0.25, 0.3) is 0 Å². The van der Waals surface area contributed by atoms with E-state index in [0.717, 1.165) is 0 Å². The minimum Gasteiger partial charge on any atom is -0.479 e. The van der Waals surface area contributed by atoms with Gasteiger partial charge in [0.2, 0.25) is 0 Å². The van der Waals surface area contributed by atoms with Gasteiger partial charge in [-0.3, -0.25) is 0 Å². The molecule has 1 aromatic heterocycles. The van der Waals surface area contributed by atoms with E-state index < -0.39 is 18.1 Å². The van der Waals surface area contributed by atoms with Crippen LogP contribution in [0.25, 0.3) is 0 Å². The lowest BCUT2D eigenvalue weighted by Gasteiger charge is -2.14. The number of aliphatic hydroxyl groups is 1. The second kappa shape index (κ2) is 5.96. The molecule has 0 bridgehead atoms. The maximum Gasteiger partial charge on any atom is 0.334 e. The fraction of sp³-hybridized carbons (Fsp3) is 0.556. The minimum absolute atomic E-state index is 0.368. The normalized spacial score (nSPS) is 13.7. The van der Waals surface area contributed by atoms with Crippen molar-refractivity contribution in [2.75, 3.05) is 6.54 Å². The molecule has 0 aliphatic carbocycles. The molecule has 2 atom stereocenters. The summed E-state index contributed by atoms with van der Waals surface area (Å²) in [5, 5.41) is 29.7. The molecule has 0 saturated heterocycles. The fourth-order valence-corrected chi connectivity index (χ4v) is 1.27. The topological polar surface area (TPSA) is 129 Å². The summed E-state index contributed by atoms with van der Waals surface area (Å²) >= 11 is 0. The summed E-state index contributed by atoms with van der Waals surface area (Å²) in [6.07, 6.45) is -0.125. The Labute approximate surface area is 103 Å². The highest BCUT2D eigenvalue weighted by Crippen LogP contribution is 2.06. The molecule has 0 spiro atoms. The zero-order valence-electron chi connectivity index (χ0n) is 9.99. The van der Waals surface area contributed by atoms with Crippen LogP contribution in [0.4, 0.5) is 4.79 Å². The number of aliphatic carboxylic acids is 1. The van der Waals surface area contributed by atoms with Gasteiger partial charge in [-0.15, -0.1) is 10.2 Å². The van der Waals surface area contributed by atoms with Gasteiger partial charge in [-0.25, -0.2) is 9.59 Å². The van der Waals surface area contributed by atoms with Crippen LogP contribution in [0.2, 0.25) is 0 Å². The van der Waals surface area contributed by atoms with Crippen LogP contribution in [0, 0.1) is 0 Å². The first-order valence-electron chi connectivity index (χ1n) is 5.21. The molecule has 4 N–H and O–H groups in total. The zero-order chi connectivity index (χ0) is 13.7. The van der Waals surface area contributed by atoms with Crippen LogP contribution in [-0.2, 0) is 11.8 Å². The molecule has 18 heavy (non-hydrogen) atoms. The van der Waals surface area contributed by atoms with Crippen LogP contribution in [0.5, 0.6) is 0 Å². The molecule has 9 nitrogen and oxygen atoms in total. The van der Waals surface area contributed by atoms with Crippen molar-refractivity contribution in [3.8, 4) is 0 Å². The molecule has 0 aliphatic rings. The second-order valence-electron chi connectivity index (χ2n) is 3.73. The number of aromatic nitrogens is 3. The third-order valence-corrected chi connectivity index (χ3v) is 2.22. The first kappa shape index (κ1) is 13.9. The van der Waals surface area contributed by atoms with Crippen molar-refractivity contribution >= 4 is 12.0 Å². The van der Waals surface area contributed by atoms with Crippen molar-refractivity contribution in [1.82, 2.24) is 25.4 Å². The first-order valence-corrected chi connectivity index (χ1v) is 5.21. The zero-order valence-corrected chi connectivity index (χ0v) is 9.99. The molecule has 0 saturated carbocycles. The number of rotatable bonds is 5. The molecule has 0 aromatic carbocycles. The van der Waals surface area contributed by atoms with E-state index in [1.807, 2.05) is 0 Å². The van der Waals surface area contributed by atoms with Crippen LogP contribution >= 0.6 is 0 Å². The van der Waals surface area contributed by atoms with Gasteiger partial charge in [0, 0.05) is 7.05 Å². The monoisotopic (exact) mass is 257 g/mol. The highest BCUT2D eigenvalue weighted by Gasteiger charge is 2.17. The van der Waals surface area contributed by atoms with Gasteiger partial charge in [-0.1, -0.05) is 0 Å². The van der Waals surface area contributed by atoms with E-state index in [9.17, 15) is 9.59 Å². The Bertz CT molecular complexity index is 432. The summed E-state index contributed by atoms with van der Waals surface area (Å²) < 4.78 is 1.65. The average Bonchev–Trinajstić information content (AvgIpc) is 2.72. The van der Waals surface area contributed by atoms with Gasteiger partial charge in [0.15, 0.2) is 11.9 Å². The number of aryl methyl sites for hydroxylation is 1. The first-order chi connectivity index (χ1) is 8.41. The van der Waals surface area contributed by atoms with Gasteiger partial charge in [-0.05, 0) is 6.92 Å². The summed E-state index contributed by atoms with van der Waals surface area (Å²) in [4.78, 5) is 21.7. The van der Waals surface area contributed by atoms with E-state index in [-0.39, 0.29) is 12.6 Å². The largest absolute Gasteiger partial charge is 0.479 e. The van der Waals surface area contributed by atoms with Crippen molar-refractivity contribution in [1.29, 1.82) is 0 Å².